The van der Waals surface area contributed by atoms with E-state index in [9.17, 15) is 0 Å². The Balaban J connectivity index is 1.08. The maximum atomic E-state index is 2.48. The van der Waals surface area contributed by atoms with Crippen LogP contribution in [0.2, 0.25) is 0 Å². The van der Waals surface area contributed by atoms with Gasteiger partial charge in [0, 0.05) is 61.4 Å². The molecule has 0 N–H and O–H groups in total. The van der Waals surface area contributed by atoms with Crippen LogP contribution in [-0.2, 0) is 0 Å². The van der Waals surface area contributed by atoms with Gasteiger partial charge in [0.1, 0.15) is 0 Å². The summed E-state index contributed by atoms with van der Waals surface area (Å²) >= 11 is 0. The molecule has 13 rings (SSSR count). The summed E-state index contributed by atoms with van der Waals surface area (Å²) in [5.74, 6) is 0. The molecule has 0 fully saturated rings. The Morgan fingerprint density at radius 1 is 0.310 bits per heavy atom. The molecular weight excluding hydrogens is 705 g/mol. The third kappa shape index (κ3) is 4.21. The molecule has 4 heterocycles. The molecule has 1 atom stereocenters. The molecule has 4 heteroatoms. The van der Waals surface area contributed by atoms with E-state index in [0.29, 0.717) is 0 Å². The summed E-state index contributed by atoms with van der Waals surface area (Å²) in [6, 6.07) is 71.0. The number of benzene rings is 8. The zero-order valence-electron chi connectivity index (χ0n) is 31.5. The number of rotatable bonds is 4. The normalized spacial score (nSPS) is 13.7. The van der Waals surface area contributed by atoms with Crippen LogP contribution in [0.5, 0.6) is 0 Å². The molecule has 0 saturated carbocycles. The van der Waals surface area contributed by atoms with Crippen molar-refractivity contribution in [2.45, 2.75) is 6.04 Å². The zero-order chi connectivity index (χ0) is 37.9. The Morgan fingerprint density at radius 2 is 0.724 bits per heavy atom. The number of fused-ring (bicyclic) bond motifs is 14. The van der Waals surface area contributed by atoms with E-state index in [1.165, 1.54) is 93.4 Å². The minimum absolute atomic E-state index is 0.0128. The van der Waals surface area contributed by atoms with Gasteiger partial charge in [-0.05, 0) is 53.6 Å². The predicted molar refractivity (Wildman–Crippen MR) is 239 cm³/mol. The smallest absolute Gasteiger partial charge is 0.212 e. The van der Waals surface area contributed by atoms with E-state index in [2.05, 4.69) is 225 Å². The van der Waals surface area contributed by atoms with Crippen molar-refractivity contribution in [3.63, 3.8) is 0 Å². The number of pyridine rings is 1. The minimum atomic E-state index is -0.0128. The monoisotopic (exact) mass is 739 g/mol. The average molecular weight is 740 g/mol. The molecule has 0 radical (unpaired) electrons. The summed E-state index contributed by atoms with van der Waals surface area (Å²) in [6.45, 7) is 0. The topological polar surface area (TPSA) is 18.7 Å². The summed E-state index contributed by atoms with van der Waals surface area (Å²) in [6.07, 6.45) is 4.60. The number of aromatic nitrogens is 4. The number of hydrogen-bond acceptors (Lipinski definition) is 0. The van der Waals surface area contributed by atoms with Crippen LogP contribution in [0, 0.1) is 0 Å². The molecule has 0 aliphatic heterocycles. The van der Waals surface area contributed by atoms with Crippen molar-refractivity contribution in [3.8, 4) is 28.2 Å². The highest BCUT2D eigenvalue weighted by Gasteiger charge is 2.38. The Labute approximate surface area is 334 Å². The maximum absolute atomic E-state index is 2.48. The minimum Gasteiger partial charge on any atom is -0.309 e. The van der Waals surface area contributed by atoms with Gasteiger partial charge in [0.2, 0.25) is 6.04 Å². The van der Waals surface area contributed by atoms with Crippen LogP contribution in [0.4, 0.5) is 0 Å². The second-order valence-corrected chi connectivity index (χ2v) is 15.5. The fraction of sp³-hybridized carbons (Fsp3) is 0.0185. The number of nitrogens with zero attached hydrogens (tertiary/aromatic N) is 4. The van der Waals surface area contributed by atoms with Crippen molar-refractivity contribution in [2.24, 2.45) is 0 Å². The fourth-order valence-electron chi connectivity index (χ4n) is 10.3. The van der Waals surface area contributed by atoms with Crippen molar-refractivity contribution in [1.29, 1.82) is 0 Å². The molecule has 1 aliphatic rings. The molecule has 270 valence electrons. The third-order valence-electron chi connectivity index (χ3n) is 12.6. The second kappa shape index (κ2) is 11.9. The van der Waals surface area contributed by atoms with Gasteiger partial charge in [0.05, 0.1) is 44.4 Å². The van der Waals surface area contributed by atoms with Crippen molar-refractivity contribution in [2.75, 3.05) is 0 Å². The van der Waals surface area contributed by atoms with Gasteiger partial charge in [-0.3, -0.25) is 0 Å². The van der Waals surface area contributed by atoms with Gasteiger partial charge >= 0.3 is 0 Å². The maximum Gasteiger partial charge on any atom is 0.212 e. The van der Waals surface area contributed by atoms with E-state index < -0.39 is 0 Å². The average Bonchev–Trinajstić information content (AvgIpc) is 4.02. The highest BCUT2D eigenvalue weighted by molar-refractivity contribution is 6.24. The van der Waals surface area contributed by atoms with E-state index >= 15 is 0 Å². The highest BCUT2D eigenvalue weighted by atomic mass is 15.1. The molecule has 1 unspecified atom stereocenters. The fourth-order valence-corrected chi connectivity index (χ4v) is 10.3. The lowest BCUT2D eigenvalue weighted by Gasteiger charge is -2.15. The van der Waals surface area contributed by atoms with Gasteiger partial charge in [-0.2, -0.15) is 4.57 Å². The lowest BCUT2D eigenvalue weighted by molar-refractivity contribution is -0.704. The first-order chi connectivity index (χ1) is 28.8. The van der Waals surface area contributed by atoms with Gasteiger partial charge in [0.25, 0.3) is 0 Å². The van der Waals surface area contributed by atoms with Crippen LogP contribution in [0.15, 0.2) is 207 Å². The Kier molecular flexibility index (Phi) is 6.47. The molecule has 0 bridgehead atoms. The van der Waals surface area contributed by atoms with E-state index in [1.807, 2.05) is 0 Å². The first-order valence-electron chi connectivity index (χ1n) is 20.1. The largest absolute Gasteiger partial charge is 0.309 e. The van der Waals surface area contributed by atoms with E-state index in [0.717, 1.165) is 11.4 Å². The quantitative estimate of drug-likeness (QED) is 0.160. The van der Waals surface area contributed by atoms with Crippen LogP contribution in [0.1, 0.15) is 17.2 Å². The zero-order valence-corrected chi connectivity index (χ0v) is 31.5. The number of para-hydroxylation sites is 5. The predicted octanol–water partition coefficient (Wildman–Crippen LogP) is 12.9. The van der Waals surface area contributed by atoms with Crippen molar-refractivity contribution < 1.29 is 4.57 Å². The van der Waals surface area contributed by atoms with Gasteiger partial charge < -0.3 is 13.7 Å². The molecule has 4 aromatic heterocycles. The first kappa shape index (κ1) is 31.5. The Hall–Kier alpha value is -7.69. The van der Waals surface area contributed by atoms with Crippen molar-refractivity contribution in [1.82, 2.24) is 13.7 Å². The summed E-state index contributed by atoms with van der Waals surface area (Å²) < 4.78 is 9.84. The molecule has 1 aliphatic carbocycles. The van der Waals surface area contributed by atoms with E-state index in [4.69, 9.17) is 0 Å². The van der Waals surface area contributed by atoms with Crippen LogP contribution in [0.3, 0.4) is 0 Å². The van der Waals surface area contributed by atoms with Gasteiger partial charge in [0.15, 0.2) is 12.4 Å². The SMILES string of the molecule is c1ccc(-n2c3ccccc3c3ccc4c(c32)C([n+]2ccc(-n3c5ccccc5c5ccc6c7ccccc7n(-c7ccccc7)c6c53)cc2)c2ccccc2-4)cc1. The Morgan fingerprint density at radius 3 is 1.28 bits per heavy atom. The second-order valence-electron chi connectivity index (χ2n) is 15.5. The number of hydrogen-bond donors (Lipinski definition) is 0. The standard InChI is InChI=1S/C54H35N4/c1-3-15-35(16-4-1)56-47-24-12-9-20-39(47)44-28-27-42-38-19-7-8-23-43(38)51(50(42)52(44)56)55-33-31-37(32-34-55)58-49-26-14-11-22-41(49)46-30-29-45-40-21-10-13-25-48(40)57(53(45)54(46)58)36-17-5-2-6-18-36/h1-34,51H/q+1. The Bertz CT molecular complexity index is 3610. The highest BCUT2D eigenvalue weighted by Crippen LogP contribution is 2.49. The van der Waals surface area contributed by atoms with E-state index in [1.54, 1.807) is 0 Å². The van der Waals surface area contributed by atoms with Gasteiger partial charge in [-0.15, -0.1) is 0 Å². The summed E-state index contributed by atoms with van der Waals surface area (Å²) in [5.41, 5.74) is 16.0. The molecule has 58 heavy (non-hydrogen) atoms. The third-order valence-corrected chi connectivity index (χ3v) is 12.6. The first-order valence-corrected chi connectivity index (χ1v) is 20.1. The molecule has 0 amide bonds. The lowest BCUT2D eigenvalue weighted by Crippen LogP contribution is -2.39. The molecular formula is C54H35N4+. The van der Waals surface area contributed by atoms with Crippen LogP contribution >= 0.6 is 0 Å². The molecule has 12 aromatic rings. The van der Waals surface area contributed by atoms with Crippen molar-refractivity contribution >= 4 is 65.4 Å². The summed E-state index contributed by atoms with van der Waals surface area (Å²) in [7, 11) is 0. The summed E-state index contributed by atoms with van der Waals surface area (Å²) in [4.78, 5) is 0. The van der Waals surface area contributed by atoms with Crippen LogP contribution < -0.4 is 4.57 Å². The van der Waals surface area contributed by atoms with E-state index in [-0.39, 0.29) is 6.04 Å². The molecule has 0 saturated heterocycles. The molecule has 0 spiro atoms. The van der Waals surface area contributed by atoms with Crippen molar-refractivity contribution in [3.05, 3.63) is 218 Å². The van der Waals surface area contributed by atoms with Gasteiger partial charge in [-0.25, -0.2) is 0 Å². The lowest BCUT2D eigenvalue weighted by atomic mass is 10.0. The molecule has 4 nitrogen and oxygen atoms in total. The van der Waals surface area contributed by atoms with Crippen LogP contribution in [-0.4, -0.2) is 13.7 Å². The molecule has 8 aromatic carbocycles. The van der Waals surface area contributed by atoms with Gasteiger partial charge in [-0.1, -0.05) is 140 Å². The van der Waals surface area contributed by atoms with Crippen LogP contribution in [0.25, 0.3) is 93.6 Å². The summed E-state index contributed by atoms with van der Waals surface area (Å²) in [5, 5.41) is 7.54.